The summed E-state index contributed by atoms with van der Waals surface area (Å²) in [6.07, 6.45) is 2.87. The van der Waals surface area contributed by atoms with E-state index in [4.69, 9.17) is 0 Å². The quantitative estimate of drug-likeness (QED) is 0.586. The minimum Gasteiger partial charge on any atom is -0.352 e. The number of nitro benzene ring substituents is 1. The van der Waals surface area contributed by atoms with Crippen LogP contribution in [-0.4, -0.2) is 23.9 Å². The van der Waals surface area contributed by atoms with E-state index in [2.05, 4.69) is 29.6 Å². The number of nitrogens with zero attached hydrogens (tertiary/aromatic N) is 1. The van der Waals surface area contributed by atoms with Crippen LogP contribution in [0.1, 0.15) is 29.5 Å². The van der Waals surface area contributed by atoms with E-state index in [1.54, 1.807) is 17.0 Å². The van der Waals surface area contributed by atoms with E-state index >= 15 is 0 Å². The third kappa shape index (κ3) is 5.13. The smallest absolute Gasteiger partial charge is 0.269 e. The molecule has 0 saturated carbocycles. The van der Waals surface area contributed by atoms with E-state index in [1.807, 2.05) is 0 Å². The zero-order chi connectivity index (χ0) is 18.4. The number of hydrogen-bond acceptors (Lipinski definition) is 3. The van der Waals surface area contributed by atoms with Crippen molar-refractivity contribution in [3.05, 3.63) is 75.3 Å². The van der Waals surface area contributed by atoms with Crippen molar-refractivity contribution in [3.8, 4) is 0 Å². The summed E-state index contributed by atoms with van der Waals surface area (Å²) in [7, 11) is 0. The predicted octanol–water partition coefficient (Wildman–Crippen LogP) is 1.63. The summed E-state index contributed by atoms with van der Waals surface area (Å²) in [4.78, 5) is 23.9. The molecule has 136 valence electrons. The molecule has 0 unspecified atom stereocenters. The molecule has 1 aliphatic rings. The number of carbonyl (C=O) groups is 1. The number of hydrogen-bond donors (Lipinski definition) is 2. The van der Waals surface area contributed by atoms with Crippen LogP contribution in [0.2, 0.25) is 0 Å². The third-order valence-corrected chi connectivity index (χ3v) is 4.79. The van der Waals surface area contributed by atoms with Crippen LogP contribution in [-0.2, 0) is 24.3 Å². The molecule has 1 amide bonds. The number of amides is 1. The van der Waals surface area contributed by atoms with Crippen LogP contribution in [0.3, 0.4) is 0 Å². The summed E-state index contributed by atoms with van der Waals surface area (Å²) in [6.45, 7) is 4.09. The van der Waals surface area contributed by atoms with E-state index in [0.717, 1.165) is 17.7 Å². The molecule has 0 radical (unpaired) electrons. The number of nitro groups is 1. The molecule has 0 bridgehead atoms. The Kier molecular flexibility index (Phi) is 5.96. The van der Waals surface area contributed by atoms with Crippen LogP contribution in [0.25, 0.3) is 0 Å². The Bertz CT molecular complexity index is 751. The van der Waals surface area contributed by atoms with Gasteiger partial charge in [0.2, 0.25) is 5.91 Å². The van der Waals surface area contributed by atoms with E-state index < -0.39 is 4.92 Å². The Morgan fingerprint density at radius 3 is 2.15 bits per heavy atom. The first kappa shape index (κ1) is 18.1. The Balaban J connectivity index is 1.45. The van der Waals surface area contributed by atoms with Crippen molar-refractivity contribution in [1.82, 2.24) is 5.32 Å². The Hall–Kier alpha value is -2.73. The molecule has 6 nitrogen and oxygen atoms in total. The fourth-order valence-corrected chi connectivity index (χ4v) is 3.30. The summed E-state index contributed by atoms with van der Waals surface area (Å²) in [6, 6.07) is 14.5. The maximum atomic E-state index is 12.1. The number of rotatable bonds is 7. The average Bonchev–Trinajstić information content (AvgIpc) is 3.15. The van der Waals surface area contributed by atoms with E-state index in [1.165, 1.54) is 43.6 Å². The van der Waals surface area contributed by atoms with Crippen molar-refractivity contribution < 1.29 is 14.6 Å². The third-order valence-electron chi connectivity index (χ3n) is 4.79. The standard InChI is InChI=1S/C20H23N3O3/c24-20(13-16-7-9-19(10-8-16)23(25)26)21-14-17-3-5-18(6-4-17)15-22-11-1-2-12-22/h3-10H,1-2,11-15H2,(H,21,24)/p+1. The lowest BCUT2D eigenvalue weighted by molar-refractivity contribution is -0.901. The normalized spacial score (nSPS) is 14.3. The van der Waals surface area contributed by atoms with Gasteiger partial charge in [0, 0.05) is 37.1 Å². The second-order valence-electron chi connectivity index (χ2n) is 6.83. The maximum Gasteiger partial charge on any atom is 0.269 e. The van der Waals surface area contributed by atoms with E-state index in [0.29, 0.717) is 6.54 Å². The van der Waals surface area contributed by atoms with Crippen LogP contribution >= 0.6 is 0 Å². The van der Waals surface area contributed by atoms with Crippen molar-refractivity contribution in [2.75, 3.05) is 13.1 Å². The fraction of sp³-hybridized carbons (Fsp3) is 0.350. The van der Waals surface area contributed by atoms with Gasteiger partial charge in [0.15, 0.2) is 0 Å². The van der Waals surface area contributed by atoms with Crippen molar-refractivity contribution in [2.24, 2.45) is 0 Å². The van der Waals surface area contributed by atoms with Gasteiger partial charge in [-0.05, 0) is 11.1 Å². The molecule has 1 fully saturated rings. The molecule has 0 aromatic heterocycles. The fourth-order valence-electron chi connectivity index (χ4n) is 3.30. The Morgan fingerprint density at radius 1 is 0.962 bits per heavy atom. The van der Waals surface area contributed by atoms with Gasteiger partial charge in [-0.1, -0.05) is 36.4 Å². The number of benzene rings is 2. The molecule has 1 heterocycles. The topological polar surface area (TPSA) is 76.7 Å². The van der Waals surface area contributed by atoms with Crippen LogP contribution in [0.15, 0.2) is 48.5 Å². The van der Waals surface area contributed by atoms with Crippen LogP contribution < -0.4 is 10.2 Å². The molecule has 3 rings (SSSR count). The van der Waals surface area contributed by atoms with Gasteiger partial charge in [-0.3, -0.25) is 14.9 Å². The number of nitrogens with one attached hydrogen (secondary N) is 2. The Labute approximate surface area is 153 Å². The molecule has 0 aliphatic carbocycles. The van der Waals surface area contributed by atoms with Crippen LogP contribution in [0.5, 0.6) is 0 Å². The molecule has 2 aromatic carbocycles. The first-order valence-corrected chi connectivity index (χ1v) is 9.01. The van der Waals surface area contributed by atoms with E-state index in [9.17, 15) is 14.9 Å². The molecule has 2 aromatic rings. The zero-order valence-electron chi connectivity index (χ0n) is 14.7. The number of carbonyl (C=O) groups excluding carboxylic acids is 1. The second-order valence-corrected chi connectivity index (χ2v) is 6.83. The molecular formula is C20H24N3O3+. The molecule has 0 atom stereocenters. The van der Waals surface area contributed by atoms with Crippen LogP contribution in [0.4, 0.5) is 5.69 Å². The largest absolute Gasteiger partial charge is 0.352 e. The number of non-ortho nitro benzene ring substituents is 1. The minimum atomic E-state index is -0.446. The summed E-state index contributed by atoms with van der Waals surface area (Å²) in [5.74, 6) is -0.0931. The highest BCUT2D eigenvalue weighted by Crippen LogP contribution is 2.12. The van der Waals surface area contributed by atoms with Gasteiger partial charge < -0.3 is 10.2 Å². The average molecular weight is 354 g/mol. The van der Waals surface area contributed by atoms with Gasteiger partial charge in [-0.2, -0.15) is 0 Å². The number of quaternary nitrogens is 1. The van der Waals surface area contributed by atoms with Gasteiger partial charge in [0.25, 0.3) is 5.69 Å². The molecule has 0 spiro atoms. The minimum absolute atomic E-state index is 0.0324. The van der Waals surface area contributed by atoms with Gasteiger partial charge in [-0.15, -0.1) is 0 Å². The van der Waals surface area contributed by atoms with Gasteiger partial charge in [0.05, 0.1) is 24.4 Å². The lowest BCUT2D eigenvalue weighted by atomic mass is 10.1. The van der Waals surface area contributed by atoms with Crippen molar-refractivity contribution in [2.45, 2.75) is 32.4 Å². The predicted molar refractivity (Wildman–Crippen MR) is 98.7 cm³/mol. The highest BCUT2D eigenvalue weighted by Gasteiger charge is 2.15. The van der Waals surface area contributed by atoms with Crippen molar-refractivity contribution in [1.29, 1.82) is 0 Å². The number of likely N-dealkylation sites (tertiary alicyclic amines) is 1. The summed E-state index contributed by atoms with van der Waals surface area (Å²) in [5, 5.41) is 13.5. The lowest BCUT2D eigenvalue weighted by Gasteiger charge is -2.12. The molecule has 2 N–H and O–H groups in total. The second kappa shape index (κ2) is 8.58. The van der Waals surface area contributed by atoms with Gasteiger partial charge >= 0.3 is 0 Å². The highest BCUT2D eigenvalue weighted by atomic mass is 16.6. The molecule has 26 heavy (non-hydrogen) atoms. The van der Waals surface area contributed by atoms with Gasteiger partial charge in [0.1, 0.15) is 6.54 Å². The first-order valence-electron chi connectivity index (χ1n) is 9.01. The summed E-state index contributed by atoms with van der Waals surface area (Å²) in [5.41, 5.74) is 3.20. The molecule has 6 heteroatoms. The van der Waals surface area contributed by atoms with Crippen LogP contribution in [0, 0.1) is 10.1 Å². The van der Waals surface area contributed by atoms with Gasteiger partial charge in [-0.25, -0.2) is 0 Å². The SMILES string of the molecule is O=C(Cc1ccc([N+](=O)[O-])cc1)NCc1ccc(C[NH+]2CCCC2)cc1. The maximum absolute atomic E-state index is 12.1. The highest BCUT2D eigenvalue weighted by molar-refractivity contribution is 5.78. The molecule has 1 aliphatic heterocycles. The van der Waals surface area contributed by atoms with E-state index in [-0.39, 0.29) is 18.0 Å². The zero-order valence-corrected chi connectivity index (χ0v) is 14.7. The summed E-state index contributed by atoms with van der Waals surface area (Å²) < 4.78 is 0. The monoisotopic (exact) mass is 354 g/mol. The Morgan fingerprint density at radius 2 is 1.54 bits per heavy atom. The summed E-state index contributed by atoms with van der Waals surface area (Å²) >= 11 is 0. The van der Waals surface area contributed by atoms with Crippen molar-refractivity contribution >= 4 is 11.6 Å². The first-order chi connectivity index (χ1) is 12.6. The lowest BCUT2D eigenvalue weighted by Crippen LogP contribution is -3.08. The molecule has 1 saturated heterocycles. The van der Waals surface area contributed by atoms with Crippen molar-refractivity contribution in [3.63, 3.8) is 0 Å². The molecular weight excluding hydrogens is 330 g/mol.